The summed E-state index contributed by atoms with van der Waals surface area (Å²) in [5.74, 6) is 0.717. The van der Waals surface area contributed by atoms with E-state index in [4.69, 9.17) is 5.26 Å². The SMILES string of the molecule is CC(C)CCC(C)(O)CNC(=O)Nc1nn(C(C)C)cc1C#N. The van der Waals surface area contributed by atoms with Gasteiger partial charge in [-0.1, -0.05) is 13.8 Å². The summed E-state index contributed by atoms with van der Waals surface area (Å²) in [6.45, 7) is 9.88. The highest BCUT2D eigenvalue weighted by Gasteiger charge is 2.22. The lowest BCUT2D eigenvalue weighted by Crippen LogP contribution is -2.42. The Labute approximate surface area is 137 Å². The molecule has 7 nitrogen and oxygen atoms in total. The van der Waals surface area contributed by atoms with Crippen molar-refractivity contribution in [2.45, 2.75) is 59.1 Å². The topological polar surface area (TPSA) is 103 Å². The molecule has 1 atom stereocenters. The molecule has 1 rings (SSSR count). The highest BCUT2D eigenvalue weighted by atomic mass is 16.3. The second-order valence-electron chi connectivity index (χ2n) is 6.81. The number of hydrogen-bond acceptors (Lipinski definition) is 4. The average molecular weight is 321 g/mol. The van der Waals surface area contributed by atoms with E-state index in [1.54, 1.807) is 17.8 Å². The zero-order valence-electron chi connectivity index (χ0n) is 14.6. The fourth-order valence-corrected chi connectivity index (χ4v) is 1.94. The predicted molar refractivity (Wildman–Crippen MR) is 89.0 cm³/mol. The lowest BCUT2D eigenvalue weighted by Gasteiger charge is -2.24. The van der Waals surface area contributed by atoms with Gasteiger partial charge in [-0.25, -0.2) is 4.79 Å². The lowest BCUT2D eigenvalue weighted by molar-refractivity contribution is 0.0481. The molecule has 1 unspecified atom stereocenters. The Morgan fingerprint density at radius 2 is 2.13 bits per heavy atom. The zero-order valence-corrected chi connectivity index (χ0v) is 14.6. The van der Waals surface area contributed by atoms with Gasteiger partial charge in [-0.15, -0.1) is 0 Å². The minimum absolute atomic E-state index is 0.0949. The van der Waals surface area contributed by atoms with Gasteiger partial charge >= 0.3 is 6.03 Å². The summed E-state index contributed by atoms with van der Waals surface area (Å²) >= 11 is 0. The Kier molecular flexibility index (Phi) is 6.58. The largest absolute Gasteiger partial charge is 0.388 e. The summed E-state index contributed by atoms with van der Waals surface area (Å²) in [6.07, 6.45) is 3.09. The molecule has 0 fully saturated rings. The Balaban J connectivity index is 2.59. The van der Waals surface area contributed by atoms with Crippen molar-refractivity contribution >= 4 is 11.8 Å². The minimum Gasteiger partial charge on any atom is -0.388 e. The van der Waals surface area contributed by atoms with Gasteiger partial charge in [0.1, 0.15) is 11.6 Å². The number of nitrogens with zero attached hydrogens (tertiary/aromatic N) is 3. The number of carbonyl (C=O) groups is 1. The van der Waals surface area contributed by atoms with E-state index in [0.717, 1.165) is 6.42 Å². The van der Waals surface area contributed by atoms with E-state index in [-0.39, 0.29) is 18.4 Å². The first-order valence-corrected chi connectivity index (χ1v) is 7.91. The third-order valence-corrected chi connectivity index (χ3v) is 3.50. The number of nitriles is 1. The van der Waals surface area contributed by atoms with Gasteiger partial charge in [0, 0.05) is 18.8 Å². The molecule has 1 aromatic rings. The summed E-state index contributed by atoms with van der Waals surface area (Å²) in [5.41, 5.74) is -0.655. The van der Waals surface area contributed by atoms with Crippen LogP contribution in [0.4, 0.5) is 10.6 Å². The van der Waals surface area contributed by atoms with Crippen LogP contribution in [0.3, 0.4) is 0 Å². The van der Waals surface area contributed by atoms with Crippen LogP contribution in [0.1, 0.15) is 59.1 Å². The van der Waals surface area contributed by atoms with E-state index >= 15 is 0 Å². The third kappa shape index (κ3) is 6.28. The molecule has 0 bridgehead atoms. The van der Waals surface area contributed by atoms with E-state index < -0.39 is 11.6 Å². The number of amides is 2. The third-order valence-electron chi connectivity index (χ3n) is 3.50. The van der Waals surface area contributed by atoms with Crippen LogP contribution in [0.5, 0.6) is 0 Å². The van der Waals surface area contributed by atoms with Crippen LogP contribution >= 0.6 is 0 Å². The molecule has 23 heavy (non-hydrogen) atoms. The number of hydrogen-bond donors (Lipinski definition) is 3. The molecule has 1 aromatic heterocycles. The fourth-order valence-electron chi connectivity index (χ4n) is 1.94. The van der Waals surface area contributed by atoms with Gasteiger partial charge in [-0.2, -0.15) is 10.4 Å². The van der Waals surface area contributed by atoms with Crippen LogP contribution in [-0.2, 0) is 0 Å². The van der Waals surface area contributed by atoms with Crippen LogP contribution in [-0.4, -0.2) is 33.1 Å². The number of urea groups is 1. The fraction of sp³-hybridized carbons (Fsp3) is 0.688. The van der Waals surface area contributed by atoms with E-state index in [0.29, 0.717) is 17.9 Å². The summed E-state index contributed by atoms with van der Waals surface area (Å²) in [6, 6.07) is 1.62. The number of anilines is 1. The quantitative estimate of drug-likeness (QED) is 0.718. The molecule has 7 heteroatoms. The number of aromatic nitrogens is 2. The van der Waals surface area contributed by atoms with Gasteiger partial charge in [-0.3, -0.25) is 10.00 Å². The Morgan fingerprint density at radius 3 is 2.65 bits per heavy atom. The summed E-state index contributed by atoms with van der Waals surface area (Å²) in [4.78, 5) is 12.0. The molecular formula is C16H27N5O2. The van der Waals surface area contributed by atoms with Crippen molar-refractivity contribution in [3.63, 3.8) is 0 Å². The van der Waals surface area contributed by atoms with Crippen molar-refractivity contribution in [1.29, 1.82) is 5.26 Å². The molecular weight excluding hydrogens is 294 g/mol. The molecule has 0 radical (unpaired) electrons. The molecule has 0 aliphatic rings. The number of aliphatic hydroxyl groups is 1. The second-order valence-corrected chi connectivity index (χ2v) is 6.81. The molecule has 0 saturated carbocycles. The van der Waals surface area contributed by atoms with Gasteiger partial charge in [0.15, 0.2) is 5.82 Å². The summed E-state index contributed by atoms with van der Waals surface area (Å²) < 4.78 is 1.62. The number of nitrogens with one attached hydrogen (secondary N) is 2. The van der Waals surface area contributed by atoms with E-state index in [1.807, 2.05) is 19.9 Å². The predicted octanol–water partition coefficient (Wildman–Crippen LogP) is 2.64. The van der Waals surface area contributed by atoms with Crippen LogP contribution in [0.25, 0.3) is 0 Å². The van der Waals surface area contributed by atoms with Crippen molar-refractivity contribution in [3.8, 4) is 6.07 Å². The van der Waals surface area contributed by atoms with Crippen molar-refractivity contribution < 1.29 is 9.90 Å². The van der Waals surface area contributed by atoms with Crippen LogP contribution in [0.2, 0.25) is 0 Å². The first-order chi connectivity index (χ1) is 10.6. The Bertz CT molecular complexity index is 570. The molecule has 0 aliphatic heterocycles. The van der Waals surface area contributed by atoms with Crippen molar-refractivity contribution in [1.82, 2.24) is 15.1 Å². The van der Waals surface area contributed by atoms with E-state index in [1.165, 1.54) is 0 Å². The number of carbonyl (C=O) groups excluding carboxylic acids is 1. The first-order valence-electron chi connectivity index (χ1n) is 7.91. The lowest BCUT2D eigenvalue weighted by atomic mass is 9.95. The first kappa shape index (κ1) is 19.0. The monoisotopic (exact) mass is 321 g/mol. The Hall–Kier alpha value is -2.07. The molecule has 128 valence electrons. The van der Waals surface area contributed by atoms with Crippen molar-refractivity contribution in [2.24, 2.45) is 5.92 Å². The van der Waals surface area contributed by atoms with Gasteiger partial charge in [0.2, 0.25) is 0 Å². The molecule has 3 N–H and O–H groups in total. The maximum absolute atomic E-state index is 12.0. The van der Waals surface area contributed by atoms with Gasteiger partial charge in [-0.05, 0) is 39.5 Å². The maximum Gasteiger partial charge on any atom is 0.320 e. The van der Waals surface area contributed by atoms with Gasteiger partial charge in [0.05, 0.1) is 5.60 Å². The maximum atomic E-state index is 12.0. The number of rotatable bonds is 7. The smallest absolute Gasteiger partial charge is 0.320 e. The van der Waals surface area contributed by atoms with E-state index in [9.17, 15) is 9.90 Å². The molecule has 0 aliphatic carbocycles. The van der Waals surface area contributed by atoms with Gasteiger partial charge in [0.25, 0.3) is 0 Å². The van der Waals surface area contributed by atoms with Gasteiger partial charge < -0.3 is 10.4 Å². The summed E-state index contributed by atoms with van der Waals surface area (Å²) in [5, 5.41) is 28.7. The zero-order chi connectivity index (χ0) is 17.6. The summed E-state index contributed by atoms with van der Waals surface area (Å²) in [7, 11) is 0. The van der Waals surface area contributed by atoms with Crippen LogP contribution < -0.4 is 10.6 Å². The van der Waals surface area contributed by atoms with Crippen molar-refractivity contribution in [2.75, 3.05) is 11.9 Å². The highest BCUT2D eigenvalue weighted by molar-refractivity contribution is 5.89. The molecule has 0 spiro atoms. The van der Waals surface area contributed by atoms with Crippen LogP contribution in [0.15, 0.2) is 6.20 Å². The highest BCUT2D eigenvalue weighted by Crippen LogP contribution is 2.17. The Morgan fingerprint density at radius 1 is 1.48 bits per heavy atom. The second kappa shape index (κ2) is 7.97. The molecule has 1 heterocycles. The van der Waals surface area contributed by atoms with Crippen LogP contribution in [0, 0.1) is 17.2 Å². The molecule has 0 aromatic carbocycles. The normalized spacial score (nSPS) is 13.7. The average Bonchev–Trinajstić information content (AvgIpc) is 2.86. The molecule has 2 amide bonds. The van der Waals surface area contributed by atoms with Crippen molar-refractivity contribution in [3.05, 3.63) is 11.8 Å². The minimum atomic E-state index is -0.961. The van der Waals surface area contributed by atoms with E-state index in [2.05, 4.69) is 29.6 Å². The standard InChI is InChI=1S/C16H27N5O2/c1-11(2)6-7-16(5,23)10-18-15(22)19-14-13(8-17)9-21(20-14)12(3)4/h9,11-12,23H,6-7,10H2,1-5H3,(H2,18,19,20,22). The molecule has 0 saturated heterocycles.